The number of aromatic nitrogens is 1. The van der Waals surface area contributed by atoms with Gasteiger partial charge in [0.25, 0.3) is 0 Å². The van der Waals surface area contributed by atoms with Gasteiger partial charge in [0.1, 0.15) is 11.6 Å². The normalized spacial score (nSPS) is 10.9. The lowest BCUT2D eigenvalue weighted by Crippen LogP contribution is -2.15. The van der Waals surface area contributed by atoms with Crippen molar-refractivity contribution in [2.75, 3.05) is 7.11 Å². The Kier molecular flexibility index (Phi) is 6.34. The quantitative estimate of drug-likeness (QED) is 0.596. The monoisotopic (exact) mass is 396 g/mol. The van der Waals surface area contributed by atoms with Gasteiger partial charge in [0.2, 0.25) is 0 Å². The highest BCUT2D eigenvalue weighted by Crippen LogP contribution is 2.24. The first-order valence-electron chi connectivity index (χ1n) is 9.40. The summed E-state index contributed by atoms with van der Waals surface area (Å²) >= 11 is 0. The number of methoxy groups -OCH3 is 1. The van der Waals surface area contributed by atoms with E-state index in [0.29, 0.717) is 30.9 Å². The van der Waals surface area contributed by atoms with Crippen molar-refractivity contribution in [1.29, 1.82) is 0 Å². The van der Waals surface area contributed by atoms with Gasteiger partial charge in [-0.1, -0.05) is 24.3 Å². The molecule has 0 fully saturated rings. The highest BCUT2D eigenvalue weighted by Gasteiger charge is 2.22. The van der Waals surface area contributed by atoms with Crippen LogP contribution in [0.2, 0.25) is 0 Å². The Labute approximate surface area is 169 Å². The van der Waals surface area contributed by atoms with Gasteiger partial charge in [-0.05, 0) is 49.2 Å². The molecule has 0 radical (unpaired) electrons. The van der Waals surface area contributed by atoms with Crippen molar-refractivity contribution in [3.8, 4) is 5.75 Å². The highest BCUT2D eigenvalue weighted by atomic mass is 19.1. The molecule has 1 aromatic heterocycles. The molecule has 29 heavy (non-hydrogen) atoms. The minimum Gasteiger partial charge on any atom is -0.497 e. The molecule has 2 N–H and O–H groups in total. The molecule has 1 heterocycles. The van der Waals surface area contributed by atoms with Crippen molar-refractivity contribution in [2.24, 2.45) is 0 Å². The molecule has 3 rings (SSSR count). The molecule has 0 aliphatic rings. The van der Waals surface area contributed by atoms with E-state index in [4.69, 9.17) is 4.74 Å². The van der Waals surface area contributed by atoms with E-state index in [1.807, 2.05) is 42.7 Å². The van der Waals surface area contributed by atoms with Crippen LogP contribution in [0.25, 0.3) is 0 Å². The molecule has 0 amide bonds. The van der Waals surface area contributed by atoms with Gasteiger partial charge in [0.05, 0.1) is 12.7 Å². The highest BCUT2D eigenvalue weighted by molar-refractivity contribution is 5.91. The molecule has 5 nitrogen and oxygen atoms in total. The molecule has 0 spiro atoms. The van der Waals surface area contributed by atoms with Crippen molar-refractivity contribution >= 4 is 5.97 Å². The van der Waals surface area contributed by atoms with E-state index in [1.165, 1.54) is 12.1 Å². The van der Waals surface area contributed by atoms with Crippen molar-refractivity contribution in [1.82, 2.24) is 9.88 Å². The van der Waals surface area contributed by atoms with Gasteiger partial charge in [0.15, 0.2) is 0 Å². The van der Waals surface area contributed by atoms with Gasteiger partial charge in [-0.15, -0.1) is 0 Å². The fraction of sp³-hybridized carbons (Fsp3) is 0.261. The molecule has 0 aliphatic heterocycles. The summed E-state index contributed by atoms with van der Waals surface area (Å²) in [5.41, 5.74) is 4.64. The van der Waals surface area contributed by atoms with Crippen LogP contribution in [0.1, 0.15) is 38.4 Å². The van der Waals surface area contributed by atoms with E-state index in [1.54, 1.807) is 19.2 Å². The zero-order chi connectivity index (χ0) is 21.0. The molecule has 0 atom stereocenters. The van der Waals surface area contributed by atoms with E-state index in [-0.39, 0.29) is 5.82 Å². The SMILES string of the molecule is COc1cccc(CNCc2c(C(=O)O)c(C)n(Cc3ccc(F)cc3)c2C)c1. The number of carboxylic acids is 1. The number of halogens is 1. The average Bonchev–Trinajstić information content (AvgIpc) is 2.94. The van der Waals surface area contributed by atoms with Gasteiger partial charge in [-0.25, -0.2) is 9.18 Å². The summed E-state index contributed by atoms with van der Waals surface area (Å²) in [6.07, 6.45) is 0. The molecule has 0 unspecified atom stereocenters. The zero-order valence-electron chi connectivity index (χ0n) is 16.8. The Morgan fingerprint density at radius 1 is 1.07 bits per heavy atom. The van der Waals surface area contributed by atoms with E-state index in [0.717, 1.165) is 28.1 Å². The summed E-state index contributed by atoms with van der Waals surface area (Å²) in [7, 11) is 1.63. The predicted octanol–water partition coefficient (Wildman–Crippen LogP) is 4.29. The number of ether oxygens (including phenoxy) is 1. The molecule has 0 aliphatic carbocycles. The van der Waals surface area contributed by atoms with E-state index in [9.17, 15) is 14.3 Å². The lowest BCUT2D eigenvalue weighted by Gasteiger charge is -2.11. The second-order valence-electron chi connectivity index (χ2n) is 7.00. The number of benzene rings is 2. The van der Waals surface area contributed by atoms with Crippen LogP contribution in [0.15, 0.2) is 48.5 Å². The first-order chi connectivity index (χ1) is 13.9. The molecule has 2 aromatic carbocycles. The maximum absolute atomic E-state index is 13.2. The van der Waals surface area contributed by atoms with E-state index in [2.05, 4.69) is 5.32 Å². The number of nitrogens with one attached hydrogen (secondary N) is 1. The van der Waals surface area contributed by atoms with Gasteiger partial charge >= 0.3 is 5.97 Å². The summed E-state index contributed by atoms with van der Waals surface area (Å²) in [5, 5.41) is 13.1. The van der Waals surface area contributed by atoms with Crippen LogP contribution in [-0.2, 0) is 19.6 Å². The second kappa shape index (κ2) is 8.92. The maximum Gasteiger partial charge on any atom is 0.337 e. The summed E-state index contributed by atoms with van der Waals surface area (Å²) in [6, 6.07) is 14.0. The summed E-state index contributed by atoms with van der Waals surface area (Å²) in [4.78, 5) is 11.9. The third kappa shape index (κ3) is 4.66. The number of rotatable bonds is 8. The molecular weight excluding hydrogens is 371 g/mol. The second-order valence-corrected chi connectivity index (χ2v) is 7.00. The Balaban J connectivity index is 1.81. The third-order valence-corrected chi connectivity index (χ3v) is 5.14. The van der Waals surface area contributed by atoms with Crippen LogP contribution < -0.4 is 10.1 Å². The molecule has 3 aromatic rings. The summed E-state index contributed by atoms with van der Waals surface area (Å²) in [6.45, 7) is 5.25. The Morgan fingerprint density at radius 2 is 1.79 bits per heavy atom. The maximum atomic E-state index is 13.2. The summed E-state index contributed by atoms with van der Waals surface area (Å²) in [5.74, 6) is -0.446. The van der Waals surface area contributed by atoms with Crippen molar-refractivity contribution < 1.29 is 19.0 Å². The Hall–Kier alpha value is -3.12. The van der Waals surface area contributed by atoms with Crippen LogP contribution in [0.5, 0.6) is 5.75 Å². The first-order valence-corrected chi connectivity index (χ1v) is 9.40. The molecule has 0 bridgehead atoms. The number of carboxylic acid groups (broad SMARTS) is 1. The predicted molar refractivity (Wildman–Crippen MR) is 110 cm³/mol. The minimum absolute atomic E-state index is 0.289. The molecule has 0 saturated carbocycles. The van der Waals surface area contributed by atoms with Crippen molar-refractivity contribution in [3.63, 3.8) is 0 Å². The molecule has 6 heteroatoms. The van der Waals surface area contributed by atoms with Crippen molar-refractivity contribution in [3.05, 3.63) is 88.0 Å². The van der Waals surface area contributed by atoms with Crippen LogP contribution in [0.3, 0.4) is 0 Å². The zero-order valence-corrected chi connectivity index (χ0v) is 16.8. The average molecular weight is 396 g/mol. The first kappa shape index (κ1) is 20.6. The van der Waals surface area contributed by atoms with Gasteiger partial charge < -0.3 is 19.7 Å². The van der Waals surface area contributed by atoms with Crippen LogP contribution >= 0.6 is 0 Å². The summed E-state index contributed by atoms with van der Waals surface area (Å²) < 4.78 is 20.4. The Morgan fingerprint density at radius 3 is 2.45 bits per heavy atom. The van der Waals surface area contributed by atoms with E-state index < -0.39 is 5.97 Å². The van der Waals surface area contributed by atoms with Crippen LogP contribution in [-0.4, -0.2) is 22.8 Å². The fourth-order valence-corrected chi connectivity index (χ4v) is 3.57. The molecule has 0 saturated heterocycles. The number of aromatic carboxylic acids is 1. The lowest BCUT2D eigenvalue weighted by molar-refractivity contribution is 0.0694. The number of hydrogen-bond acceptors (Lipinski definition) is 3. The number of carbonyl (C=O) groups is 1. The Bertz CT molecular complexity index is 1010. The fourth-order valence-electron chi connectivity index (χ4n) is 3.57. The standard InChI is InChI=1S/C23H25FN2O3/c1-15-21(13-25-12-18-5-4-6-20(11-18)29-3)22(23(27)28)16(2)26(15)14-17-7-9-19(24)10-8-17/h4-11,25H,12-14H2,1-3H3,(H,27,28). The van der Waals surface area contributed by atoms with Gasteiger partial charge in [0, 0.05) is 36.6 Å². The van der Waals surface area contributed by atoms with E-state index >= 15 is 0 Å². The van der Waals surface area contributed by atoms with Gasteiger partial charge in [-0.3, -0.25) is 0 Å². The van der Waals surface area contributed by atoms with Crippen molar-refractivity contribution in [2.45, 2.75) is 33.5 Å². The van der Waals surface area contributed by atoms with Gasteiger partial charge in [-0.2, -0.15) is 0 Å². The lowest BCUT2D eigenvalue weighted by atomic mass is 10.1. The minimum atomic E-state index is -0.943. The molecular formula is C23H25FN2O3. The topological polar surface area (TPSA) is 63.5 Å². The third-order valence-electron chi connectivity index (χ3n) is 5.14. The smallest absolute Gasteiger partial charge is 0.337 e. The molecule has 152 valence electrons. The number of nitrogens with zero attached hydrogens (tertiary/aromatic N) is 1. The van der Waals surface area contributed by atoms with Crippen LogP contribution in [0.4, 0.5) is 4.39 Å². The van der Waals surface area contributed by atoms with Crippen LogP contribution in [0, 0.1) is 19.7 Å². The largest absolute Gasteiger partial charge is 0.497 e. The number of hydrogen-bond donors (Lipinski definition) is 2.